The van der Waals surface area contributed by atoms with E-state index in [2.05, 4.69) is 81.2 Å². The van der Waals surface area contributed by atoms with Gasteiger partial charge in [0.2, 0.25) is 0 Å². The molecule has 0 N–H and O–H groups in total. The predicted octanol–water partition coefficient (Wildman–Crippen LogP) is 6.13. The van der Waals surface area contributed by atoms with E-state index in [4.69, 9.17) is 14.0 Å². The first kappa shape index (κ1) is 23.3. The summed E-state index contributed by atoms with van der Waals surface area (Å²) in [4.78, 5) is 4.32. The number of nitrogens with zero attached hydrogens (tertiary/aromatic N) is 1. The van der Waals surface area contributed by atoms with Crippen LogP contribution in [0.3, 0.4) is 0 Å². The maximum Gasteiger partial charge on any atom is 0.494 e. The molecule has 3 atom stereocenters. The van der Waals surface area contributed by atoms with Crippen LogP contribution in [-0.4, -0.2) is 23.3 Å². The molecular weight excluding hydrogens is 453 g/mol. The molecule has 6 heteroatoms. The maximum absolute atomic E-state index is 6.30. The monoisotopic (exact) mass is 487 g/mol. The van der Waals surface area contributed by atoms with Crippen molar-refractivity contribution in [2.24, 2.45) is 11.8 Å². The van der Waals surface area contributed by atoms with Crippen molar-refractivity contribution < 1.29 is 14.0 Å². The lowest BCUT2D eigenvalue weighted by atomic mass is 9.63. The van der Waals surface area contributed by atoms with E-state index in [-0.39, 0.29) is 23.7 Å². The molecule has 2 aliphatic carbocycles. The van der Waals surface area contributed by atoms with Gasteiger partial charge < -0.3 is 14.0 Å². The SMILES string of the molecule is CC1(C)OB(c2ccc([C@]3(c4ccc(OCc5nccs5)cc4)CC4CCC3C4)cc2)OC1(C)C. The lowest BCUT2D eigenvalue weighted by Crippen LogP contribution is -2.41. The highest BCUT2D eigenvalue weighted by Gasteiger charge is 2.54. The molecule has 2 aromatic carbocycles. The number of thiazole rings is 1. The summed E-state index contributed by atoms with van der Waals surface area (Å²) in [5.74, 6) is 2.42. The quantitative estimate of drug-likeness (QED) is 0.393. The molecule has 1 saturated heterocycles. The maximum atomic E-state index is 6.30. The van der Waals surface area contributed by atoms with E-state index in [9.17, 15) is 0 Å². The zero-order valence-corrected chi connectivity index (χ0v) is 21.9. The van der Waals surface area contributed by atoms with Gasteiger partial charge in [0.25, 0.3) is 0 Å². The van der Waals surface area contributed by atoms with E-state index in [1.54, 1.807) is 11.3 Å². The minimum Gasteiger partial charge on any atom is -0.486 e. The molecule has 2 heterocycles. The van der Waals surface area contributed by atoms with Crippen molar-refractivity contribution in [2.75, 3.05) is 0 Å². The summed E-state index contributed by atoms with van der Waals surface area (Å²) in [5.41, 5.74) is 3.34. The average Bonchev–Trinajstić information content (AvgIpc) is 3.63. The molecular formula is C29H34BNO3S. The number of fused-ring (bicyclic) bond motifs is 2. The number of hydrogen-bond donors (Lipinski definition) is 0. The lowest BCUT2D eigenvalue weighted by molar-refractivity contribution is 0.00578. The van der Waals surface area contributed by atoms with Crippen LogP contribution in [0.5, 0.6) is 5.75 Å². The van der Waals surface area contributed by atoms with Crippen LogP contribution in [0, 0.1) is 11.8 Å². The Hall–Kier alpha value is -2.15. The third-order valence-corrected chi connectivity index (χ3v) is 9.77. The second-order valence-corrected chi connectivity index (χ2v) is 12.5. The summed E-state index contributed by atoms with van der Waals surface area (Å²) in [5, 5.41) is 2.99. The molecule has 182 valence electrons. The molecule has 3 fully saturated rings. The second-order valence-electron chi connectivity index (χ2n) is 11.5. The van der Waals surface area contributed by atoms with Crippen molar-refractivity contribution in [3.8, 4) is 5.75 Å². The van der Waals surface area contributed by atoms with Gasteiger partial charge in [-0.05, 0) is 87.5 Å². The molecule has 3 aromatic rings. The first-order valence-corrected chi connectivity index (χ1v) is 13.7. The minimum atomic E-state index is -0.328. The Balaban J connectivity index is 1.27. The van der Waals surface area contributed by atoms with E-state index in [0.29, 0.717) is 12.5 Å². The molecule has 6 rings (SSSR count). The summed E-state index contributed by atoms with van der Waals surface area (Å²) in [6.45, 7) is 8.95. The molecule has 0 spiro atoms. The van der Waals surface area contributed by atoms with E-state index in [0.717, 1.165) is 22.1 Å². The summed E-state index contributed by atoms with van der Waals surface area (Å²) >= 11 is 1.63. The number of benzene rings is 2. The largest absolute Gasteiger partial charge is 0.494 e. The Labute approximate surface area is 213 Å². The van der Waals surface area contributed by atoms with Gasteiger partial charge in [0.15, 0.2) is 0 Å². The van der Waals surface area contributed by atoms with Gasteiger partial charge in [-0.2, -0.15) is 0 Å². The third kappa shape index (κ3) is 3.94. The van der Waals surface area contributed by atoms with Crippen molar-refractivity contribution in [3.05, 3.63) is 76.2 Å². The fourth-order valence-electron chi connectivity index (χ4n) is 6.44. The van der Waals surface area contributed by atoms with Gasteiger partial charge in [-0.15, -0.1) is 11.3 Å². The average molecular weight is 487 g/mol. The molecule has 2 unspecified atom stereocenters. The Kier molecular flexibility index (Phi) is 5.63. The van der Waals surface area contributed by atoms with Crippen molar-refractivity contribution in [1.82, 2.24) is 4.98 Å². The first-order valence-electron chi connectivity index (χ1n) is 12.8. The summed E-state index contributed by atoms with van der Waals surface area (Å²) in [6.07, 6.45) is 7.07. The Morgan fingerprint density at radius 1 is 0.943 bits per heavy atom. The van der Waals surface area contributed by atoms with Crippen molar-refractivity contribution in [1.29, 1.82) is 0 Å². The molecule has 0 amide bonds. The molecule has 4 nitrogen and oxygen atoms in total. The van der Waals surface area contributed by atoms with Gasteiger partial charge in [0, 0.05) is 17.0 Å². The van der Waals surface area contributed by atoms with E-state index in [1.165, 1.54) is 36.8 Å². The molecule has 1 aromatic heterocycles. The van der Waals surface area contributed by atoms with Crippen LogP contribution in [0.15, 0.2) is 60.1 Å². The van der Waals surface area contributed by atoms with Gasteiger partial charge >= 0.3 is 7.12 Å². The van der Waals surface area contributed by atoms with Gasteiger partial charge in [-0.25, -0.2) is 4.98 Å². The van der Waals surface area contributed by atoms with Gasteiger partial charge in [-0.3, -0.25) is 0 Å². The van der Waals surface area contributed by atoms with Crippen molar-refractivity contribution in [2.45, 2.75) is 76.6 Å². The highest BCUT2D eigenvalue weighted by Crippen LogP contribution is 2.60. The van der Waals surface area contributed by atoms with Crippen LogP contribution in [0.2, 0.25) is 0 Å². The Bertz CT molecular complexity index is 1160. The van der Waals surface area contributed by atoms with Crippen LogP contribution in [0.1, 0.15) is 69.5 Å². The van der Waals surface area contributed by atoms with Gasteiger partial charge in [0.1, 0.15) is 17.4 Å². The van der Waals surface area contributed by atoms with Crippen LogP contribution in [0.25, 0.3) is 0 Å². The van der Waals surface area contributed by atoms with E-state index < -0.39 is 0 Å². The fraction of sp³-hybridized carbons (Fsp3) is 0.483. The van der Waals surface area contributed by atoms with Crippen LogP contribution in [-0.2, 0) is 21.3 Å². The van der Waals surface area contributed by atoms with Gasteiger partial charge in [0.05, 0.1) is 11.2 Å². The highest BCUT2D eigenvalue weighted by atomic mass is 32.1. The normalized spacial score (nSPS) is 28.5. The predicted molar refractivity (Wildman–Crippen MR) is 141 cm³/mol. The Morgan fingerprint density at radius 2 is 1.60 bits per heavy atom. The molecule has 2 bridgehead atoms. The van der Waals surface area contributed by atoms with E-state index >= 15 is 0 Å². The number of hydrogen-bond acceptors (Lipinski definition) is 5. The van der Waals surface area contributed by atoms with Crippen LogP contribution < -0.4 is 10.2 Å². The molecule has 1 aliphatic heterocycles. The summed E-state index contributed by atoms with van der Waals surface area (Å²) in [6, 6.07) is 17.9. The van der Waals surface area contributed by atoms with Gasteiger partial charge in [-0.1, -0.05) is 42.8 Å². The van der Waals surface area contributed by atoms with Crippen molar-refractivity contribution in [3.63, 3.8) is 0 Å². The molecule has 0 radical (unpaired) electrons. The third-order valence-electron chi connectivity index (χ3n) is 9.02. The number of ether oxygens (including phenoxy) is 1. The summed E-state index contributed by atoms with van der Waals surface area (Å²) in [7, 11) is -0.320. The smallest absolute Gasteiger partial charge is 0.486 e. The molecule has 2 saturated carbocycles. The highest BCUT2D eigenvalue weighted by molar-refractivity contribution is 7.09. The van der Waals surface area contributed by atoms with Crippen molar-refractivity contribution >= 4 is 23.9 Å². The lowest BCUT2D eigenvalue weighted by Gasteiger charge is -2.39. The van der Waals surface area contributed by atoms with Crippen LogP contribution >= 0.6 is 11.3 Å². The van der Waals surface area contributed by atoms with E-state index in [1.807, 2.05) is 11.6 Å². The standard InChI is InChI=1S/C29H34BNO3S/c1-27(2)28(3,4)34-30(33-27)24-11-7-21(8-12-24)29(18-20-5-6-23(29)17-20)22-9-13-25(14-10-22)32-19-26-31-15-16-35-26/h7-16,20,23H,5-6,17-19H2,1-4H3/t20?,23?,29-/m0/s1. The number of rotatable bonds is 6. The fourth-order valence-corrected chi connectivity index (χ4v) is 6.97. The molecule has 3 aliphatic rings. The summed E-state index contributed by atoms with van der Waals surface area (Å²) < 4.78 is 18.6. The zero-order chi connectivity index (χ0) is 24.3. The Morgan fingerprint density at radius 3 is 2.14 bits per heavy atom. The second kappa shape index (κ2) is 8.46. The zero-order valence-electron chi connectivity index (χ0n) is 21.1. The van der Waals surface area contributed by atoms with Crippen LogP contribution in [0.4, 0.5) is 0 Å². The minimum absolute atomic E-state index is 0.0746. The molecule has 35 heavy (non-hydrogen) atoms. The topological polar surface area (TPSA) is 40.6 Å². The first-order chi connectivity index (χ1) is 16.8. The number of aromatic nitrogens is 1.